The van der Waals surface area contributed by atoms with Crippen molar-refractivity contribution >= 4 is 15.7 Å². The fourth-order valence-corrected chi connectivity index (χ4v) is 2.68. The van der Waals surface area contributed by atoms with Gasteiger partial charge in [0.05, 0.1) is 5.60 Å². The van der Waals surface area contributed by atoms with Crippen molar-refractivity contribution < 1.29 is 18.3 Å². The molecule has 0 aliphatic carbocycles. The number of aliphatic hydroxyl groups is 1. The van der Waals surface area contributed by atoms with Gasteiger partial charge in [0.1, 0.15) is 11.3 Å². The fourth-order valence-electron chi connectivity index (χ4n) is 1.40. The summed E-state index contributed by atoms with van der Waals surface area (Å²) in [4.78, 5) is 11.0. The molecule has 5 nitrogen and oxygen atoms in total. The van der Waals surface area contributed by atoms with E-state index in [1.54, 1.807) is 0 Å². The van der Waals surface area contributed by atoms with Gasteiger partial charge in [0.15, 0.2) is 9.84 Å². The molecule has 2 atom stereocenters. The van der Waals surface area contributed by atoms with Crippen LogP contribution in [0.1, 0.15) is 13.8 Å². The molecule has 0 radical (unpaired) electrons. The molecule has 0 spiro atoms. The molecule has 0 saturated carbocycles. The van der Waals surface area contributed by atoms with Crippen LogP contribution in [-0.2, 0) is 14.6 Å². The first-order valence-electron chi connectivity index (χ1n) is 3.85. The Labute approximate surface area is 77.1 Å². The summed E-state index contributed by atoms with van der Waals surface area (Å²) in [6.45, 7) is 2.85. The first-order chi connectivity index (χ1) is 5.64. The van der Waals surface area contributed by atoms with Crippen molar-refractivity contribution in [1.29, 1.82) is 0 Å². The van der Waals surface area contributed by atoms with Crippen LogP contribution in [0.2, 0.25) is 0 Å². The maximum atomic E-state index is 11.1. The van der Waals surface area contributed by atoms with Crippen molar-refractivity contribution in [1.82, 2.24) is 5.32 Å². The lowest BCUT2D eigenvalue weighted by molar-refractivity contribution is -0.143. The van der Waals surface area contributed by atoms with Gasteiger partial charge in [-0.3, -0.25) is 4.79 Å². The molecule has 0 aromatic rings. The second kappa shape index (κ2) is 2.68. The molecule has 13 heavy (non-hydrogen) atoms. The number of amides is 1. The second-order valence-corrected chi connectivity index (χ2v) is 6.06. The van der Waals surface area contributed by atoms with Crippen LogP contribution in [0.15, 0.2) is 0 Å². The standard InChI is InChI=1S/C7H13NO4S/c1-7(2,10)4-5(9)8-6(4)13(3,11)12/h4,6,10H,1-3H3,(H,8,9). The Morgan fingerprint density at radius 3 is 2.08 bits per heavy atom. The third-order valence-electron chi connectivity index (χ3n) is 2.09. The van der Waals surface area contributed by atoms with Crippen LogP contribution in [-0.4, -0.2) is 36.7 Å². The number of hydrogen-bond acceptors (Lipinski definition) is 4. The molecule has 1 rings (SSSR count). The van der Waals surface area contributed by atoms with Crippen LogP contribution in [0.3, 0.4) is 0 Å². The number of carbonyl (C=O) groups excluding carboxylic acids is 1. The number of rotatable bonds is 2. The molecule has 2 N–H and O–H groups in total. The van der Waals surface area contributed by atoms with Crippen LogP contribution in [0.25, 0.3) is 0 Å². The highest BCUT2D eigenvalue weighted by Crippen LogP contribution is 2.29. The molecular formula is C7H13NO4S. The molecule has 1 fully saturated rings. The Balaban J connectivity index is 2.92. The highest BCUT2D eigenvalue weighted by molar-refractivity contribution is 7.91. The van der Waals surface area contributed by atoms with Gasteiger partial charge < -0.3 is 10.4 Å². The van der Waals surface area contributed by atoms with Gasteiger partial charge in [0.25, 0.3) is 0 Å². The van der Waals surface area contributed by atoms with E-state index in [4.69, 9.17) is 0 Å². The maximum Gasteiger partial charge on any atom is 0.230 e. The summed E-state index contributed by atoms with van der Waals surface area (Å²) in [6.07, 6.45) is 1.04. The third-order valence-corrected chi connectivity index (χ3v) is 3.40. The van der Waals surface area contributed by atoms with E-state index in [0.717, 1.165) is 6.26 Å². The van der Waals surface area contributed by atoms with Crippen molar-refractivity contribution in [2.45, 2.75) is 24.8 Å². The van der Waals surface area contributed by atoms with Gasteiger partial charge in [0.2, 0.25) is 5.91 Å². The van der Waals surface area contributed by atoms with Crippen LogP contribution in [0.5, 0.6) is 0 Å². The molecule has 76 valence electrons. The number of nitrogens with one attached hydrogen (secondary N) is 1. The molecule has 1 amide bonds. The number of β-lactam (4-membered cyclic amide) rings is 1. The minimum absolute atomic E-state index is 0.414. The Morgan fingerprint density at radius 2 is 1.92 bits per heavy atom. The predicted octanol–water partition coefficient (Wildman–Crippen LogP) is -1.13. The molecular weight excluding hydrogens is 194 g/mol. The van der Waals surface area contributed by atoms with Crippen LogP contribution >= 0.6 is 0 Å². The van der Waals surface area contributed by atoms with Crippen molar-refractivity contribution in [3.8, 4) is 0 Å². The SMILES string of the molecule is CC(C)(O)C1C(=O)NC1S(C)(=O)=O. The van der Waals surface area contributed by atoms with E-state index in [9.17, 15) is 18.3 Å². The van der Waals surface area contributed by atoms with Gasteiger partial charge >= 0.3 is 0 Å². The molecule has 0 aromatic carbocycles. The zero-order valence-corrected chi connectivity index (χ0v) is 8.55. The molecule has 1 saturated heterocycles. The first kappa shape index (κ1) is 10.5. The highest BCUT2D eigenvalue weighted by atomic mass is 32.2. The normalized spacial score (nSPS) is 29.4. The second-order valence-electron chi connectivity index (χ2n) is 3.89. The van der Waals surface area contributed by atoms with Gasteiger partial charge in [-0.25, -0.2) is 8.42 Å². The summed E-state index contributed by atoms with van der Waals surface area (Å²) >= 11 is 0. The summed E-state index contributed by atoms with van der Waals surface area (Å²) < 4.78 is 22.2. The third kappa shape index (κ3) is 1.83. The lowest BCUT2D eigenvalue weighted by atomic mass is 9.85. The smallest absolute Gasteiger partial charge is 0.230 e. The number of carbonyl (C=O) groups is 1. The van der Waals surface area contributed by atoms with E-state index >= 15 is 0 Å². The van der Waals surface area contributed by atoms with E-state index in [2.05, 4.69) is 5.32 Å². The van der Waals surface area contributed by atoms with Crippen LogP contribution in [0.4, 0.5) is 0 Å². The van der Waals surface area contributed by atoms with E-state index in [-0.39, 0.29) is 0 Å². The zero-order chi connectivity index (χ0) is 10.4. The highest BCUT2D eigenvalue weighted by Gasteiger charge is 2.52. The van der Waals surface area contributed by atoms with Gasteiger partial charge in [-0.15, -0.1) is 0 Å². The molecule has 0 bridgehead atoms. The lowest BCUT2D eigenvalue weighted by Crippen LogP contribution is -2.67. The predicted molar refractivity (Wildman–Crippen MR) is 46.6 cm³/mol. The quantitative estimate of drug-likeness (QED) is 0.561. The van der Waals surface area contributed by atoms with E-state index in [1.165, 1.54) is 13.8 Å². The zero-order valence-electron chi connectivity index (χ0n) is 7.73. The minimum Gasteiger partial charge on any atom is -0.390 e. The van der Waals surface area contributed by atoms with E-state index in [1.807, 2.05) is 0 Å². The molecule has 1 aliphatic rings. The molecule has 0 aromatic heterocycles. The van der Waals surface area contributed by atoms with Crippen LogP contribution in [0, 0.1) is 5.92 Å². The molecule has 6 heteroatoms. The molecule has 1 aliphatic heterocycles. The largest absolute Gasteiger partial charge is 0.390 e. The maximum absolute atomic E-state index is 11.1. The number of sulfone groups is 1. The van der Waals surface area contributed by atoms with Crippen molar-refractivity contribution in [3.63, 3.8) is 0 Å². The summed E-state index contributed by atoms with van der Waals surface area (Å²) in [5, 5.41) is 10.8. The van der Waals surface area contributed by atoms with Gasteiger partial charge in [0, 0.05) is 6.26 Å². The fraction of sp³-hybridized carbons (Fsp3) is 0.857. The Kier molecular flexibility index (Phi) is 2.16. The van der Waals surface area contributed by atoms with Gasteiger partial charge in [-0.2, -0.15) is 0 Å². The average molecular weight is 207 g/mol. The van der Waals surface area contributed by atoms with Crippen molar-refractivity contribution in [2.24, 2.45) is 5.92 Å². The first-order valence-corrected chi connectivity index (χ1v) is 5.81. The average Bonchev–Trinajstić information content (AvgIpc) is 1.75. The van der Waals surface area contributed by atoms with Crippen molar-refractivity contribution in [3.05, 3.63) is 0 Å². The summed E-state index contributed by atoms with van der Waals surface area (Å²) in [5.41, 5.74) is -1.30. The van der Waals surface area contributed by atoms with Gasteiger partial charge in [-0.05, 0) is 13.8 Å². The summed E-state index contributed by atoms with van der Waals surface area (Å²) in [6, 6.07) is 0. The van der Waals surface area contributed by atoms with E-state index in [0.29, 0.717) is 0 Å². The minimum atomic E-state index is -3.32. The Hall–Kier alpha value is -0.620. The van der Waals surface area contributed by atoms with Crippen molar-refractivity contribution in [2.75, 3.05) is 6.26 Å². The summed E-state index contributed by atoms with van der Waals surface area (Å²) in [5.74, 6) is -1.27. The monoisotopic (exact) mass is 207 g/mol. The topological polar surface area (TPSA) is 83.5 Å². The number of hydrogen-bond donors (Lipinski definition) is 2. The summed E-state index contributed by atoms with van der Waals surface area (Å²) in [7, 11) is -3.32. The Morgan fingerprint density at radius 1 is 1.46 bits per heavy atom. The Bertz CT molecular complexity index is 327. The van der Waals surface area contributed by atoms with E-state index < -0.39 is 32.6 Å². The lowest BCUT2D eigenvalue weighted by Gasteiger charge is -2.41. The van der Waals surface area contributed by atoms with Crippen LogP contribution < -0.4 is 5.32 Å². The molecule has 1 heterocycles. The molecule has 2 unspecified atom stereocenters. The van der Waals surface area contributed by atoms with Gasteiger partial charge in [-0.1, -0.05) is 0 Å².